The van der Waals surface area contributed by atoms with Crippen LogP contribution in [0.1, 0.15) is 35.6 Å². The minimum Gasteiger partial charge on any atom is -0.494 e. The van der Waals surface area contributed by atoms with Crippen LogP contribution in [0.2, 0.25) is 0 Å². The molecular formula is C31H35Br2N3O4. The van der Waals surface area contributed by atoms with E-state index in [-0.39, 0.29) is 12.5 Å². The van der Waals surface area contributed by atoms with Crippen molar-refractivity contribution in [1.29, 1.82) is 0 Å². The van der Waals surface area contributed by atoms with E-state index in [2.05, 4.69) is 42.1 Å². The summed E-state index contributed by atoms with van der Waals surface area (Å²) in [6.45, 7) is 1.92. The lowest BCUT2D eigenvalue weighted by atomic mass is 9.82. The van der Waals surface area contributed by atoms with Crippen LogP contribution < -0.4 is 10.1 Å². The normalized spacial score (nSPS) is 18.4. The smallest absolute Gasteiger partial charge is 0.252 e. The summed E-state index contributed by atoms with van der Waals surface area (Å²) in [5.74, 6) is 0.941. The van der Waals surface area contributed by atoms with Crippen molar-refractivity contribution in [2.24, 2.45) is 4.99 Å². The highest BCUT2D eigenvalue weighted by Gasteiger charge is 2.53. The van der Waals surface area contributed by atoms with E-state index in [1.807, 2.05) is 86.9 Å². The first-order valence-corrected chi connectivity index (χ1v) is 14.9. The van der Waals surface area contributed by atoms with E-state index < -0.39 is 11.6 Å². The van der Waals surface area contributed by atoms with Crippen LogP contribution in [0.5, 0.6) is 5.75 Å². The highest BCUT2D eigenvalue weighted by Crippen LogP contribution is 2.43. The highest BCUT2D eigenvalue weighted by molar-refractivity contribution is 9.10. The van der Waals surface area contributed by atoms with E-state index in [0.717, 1.165) is 38.6 Å². The molecule has 2 N–H and O–H groups in total. The lowest BCUT2D eigenvalue weighted by molar-refractivity contribution is -0.128. The Labute approximate surface area is 252 Å². The molecule has 40 heavy (non-hydrogen) atoms. The van der Waals surface area contributed by atoms with Crippen molar-refractivity contribution in [2.45, 2.75) is 30.9 Å². The summed E-state index contributed by atoms with van der Waals surface area (Å²) < 4.78 is 14.2. The fourth-order valence-corrected chi connectivity index (χ4v) is 5.11. The van der Waals surface area contributed by atoms with Crippen molar-refractivity contribution in [1.82, 2.24) is 10.2 Å². The van der Waals surface area contributed by atoms with Crippen molar-refractivity contribution in [3.05, 3.63) is 98.4 Å². The Morgan fingerprint density at radius 1 is 1.00 bits per heavy atom. The van der Waals surface area contributed by atoms with E-state index in [4.69, 9.17) is 19.6 Å². The van der Waals surface area contributed by atoms with Crippen molar-refractivity contribution < 1.29 is 19.4 Å². The lowest BCUT2D eigenvalue weighted by Crippen LogP contribution is -2.50. The largest absolute Gasteiger partial charge is 0.494 e. The molecule has 3 aromatic carbocycles. The maximum Gasteiger partial charge on any atom is 0.252 e. The molecule has 4 rings (SSSR count). The Hall–Kier alpha value is -2.72. The van der Waals surface area contributed by atoms with E-state index >= 15 is 0 Å². The van der Waals surface area contributed by atoms with E-state index in [1.165, 1.54) is 0 Å². The number of hydrogen-bond donors (Lipinski definition) is 2. The molecule has 1 aliphatic heterocycles. The first-order valence-electron chi connectivity index (χ1n) is 13.3. The summed E-state index contributed by atoms with van der Waals surface area (Å²) in [6.07, 6.45) is 1.13. The molecule has 1 heterocycles. The van der Waals surface area contributed by atoms with Gasteiger partial charge in [-0.15, -0.1) is 0 Å². The van der Waals surface area contributed by atoms with Crippen LogP contribution in [-0.4, -0.2) is 67.7 Å². The van der Waals surface area contributed by atoms with Gasteiger partial charge in [-0.1, -0.05) is 56.1 Å². The fourth-order valence-electron chi connectivity index (χ4n) is 4.58. The Balaban J connectivity index is 1.72. The number of carbonyl (C=O) groups is 1. The average Bonchev–Trinajstić information content (AvgIpc) is 3.33. The number of aliphatic hydroxyl groups excluding tert-OH is 1. The molecule has 3 aromatic rings. The van der Waals surface area contributed by atoms with Crippen LogP contribution in [-0.2, 0) is 16.0 Å². The molecule has 9 heteroatoms. The molecule has 1 aliphatic rings. The summed E-state index contributed by atoms with van der Waals surface area (Å²) in [4.78, 5) is 21.3. The predicted octanol–water partition coefficient (Wildman–Crippen LogP) is 5.54. The van der Waals surface area contributed by atoms with Gasteiger partial charge in [0.05, 0.1) is 6.61 Å². The van der Waals surface area contributed by atoms with Gasteiger partial charge in [0.2, 0.25) is 5.90 Å². The van der Waals surface area contributed by atoms with E-state index in [0.29, 0.717) is 37.6 Å². The molecule has 0 radical (unpaired) electrons. The van der Waals surface area contributed by atoms with Crippen LogP contribution >= 0.6 is 31.9 Å². The van der Waals surface area contributed by atoms with Crippen LogP contribution in [0.4, 0.5) is 0 Å². The number of amides is 1. The van der Waals surface area contributed by atoms with Crippen LogP contribution in [0.15, 0.2) is 86.7 Å². The molecule has 0 aromatic heterocycles. The van der Waals surface area contributed by atoms with Crippen molar-refractivity contribution in [2.75, 3.05) is 40.4 Å². The predicted molar refractivity (Wildman–Crippen MR) is 165 cm³/mol. The molecule has 1 amide bonds. The summed E-state index contributed by atoms with van der Waals surface area (Å²) in [7, 11) is 4.04. The molecule has 0 saturated heterocycles. The standard InChI is InChI=1S/C31H35Br2N3O4/c1-36(2)18-3-17-34-30(38)31(21-22-5-11-25(32)12-6-22)28(23-7-13-26(33)14-8-23)40-29(35-31)24-9-15-27(16-10-24)39-20-4-19-37/h5-16,28,37H,3-4,17-21H2,1-2H3,(H,34,38)/t28-,31-/m1/s1. The summed E-state index contributed by atoms with van der Waals surface area (Å²) in [5.41, 5.74) is 1.39. The second kappa shape index (κ2) is 14.3. The number of aliphatic imine (C=N–C) groups is 1. The van der Waals surface area contributed by atoms with Gasteiger partial charge >= 0.3 is 0 Å². The van der Waals surface area contributed by atoms with Gasteiger partial charge in [0.15, 0.2) is 11.6 Å². The molecule has 0 unspecified atom stereocenters. The summed E-state index contributed by atoms with van der Waals surface area (Å²) in [6, 6.07) is 23.3. The second-order valence-electron chi connectivity index (χ2n) is 10.1. The number of benzene rings is 3. The van der Waals surface area contributed by atoms with Crippen molar-refractivity contribution in [3.8, 4) is 5.75 Å². The Kier molecular flexibility index (Phi) is 10.8. The second-order valence-corrected chi connectivity index (χ2v) is 11.9. The average molecular weight is 673 g/mol. The number of ether oxygens (including phenoxy) is 2. The number of halogens is 2. The van der Waals surface area contributed by atoms with Crippen LogP contribution in [0.25, 0.3) is 0 Å². The first kappa shape index (κ1) is 30.2. The third-order valence-electron chi connectivity index (χ3n) is 6.66. The zero-order chi connectivity index (χ0) is 28.5. The van der Waals surface area contributed by atoms with Gasteiger partial charge in [-0.05, 0) is 86.7 Å². The quantitative estimate of drug-likeness (QED) is 0.233. The van der Waals surface area contributed by atoms with Crippen LogP contribution in [0.3, 0.4) is 0 Å². The van der Waals surface area contributed by atoms with Gasteiger partial charge in [-0.3, -0.25) is 4.79 Å². The summed E-state index contributed by atoms with van der Waals surface area (Å²) >= 11 is 7.03. The number of nitrogens with zero attached hydrogens (tertiary/aromatic N) is 2. The topological polar surface area (TPSA) is 83.4 Å². The Bertz CT molecular complexity index is 1280. The zero-order valence-electron chi connectivity index (χ0n) is 22.8. The van der Waals surface area contributed by atoms with E-state index in [9.17, 15) is 4.79 Å². The molecule has 0 bridgehead atoms. The molecule has 7 nitrogen and oxygen atoms in total. The maximum atomic E-state index is 14.1. The zero-order valence-corrected chi connectivity index (χ0v) is 25.9. The molecule has 212 valence electrons. The molecule has 0 fully saturated rings. The van der Waals surface area contributed by atoms with Crippen LogP contribution in [0, 0.1) is 0 Å². The third-order valence-corrected chi connectivity index (χ3v) is 7.71. The number of nitrogens with one attached hydrogen (secondary N) is 1. The van der Waals surface area contributed by atoms with Gasteiger partial charge in [-0.2, -0.15) is 0 Å². The van der Waals surface area contributed by atoms with Gasteiger partial charge in [0.25, 0.3) is 5.91 Å². The number of carbonyl (C=O) groups excluding carboxylic acids is 1. The monoisotopic (exact) mass is 671 g/mol. The Morgan fingerprint density at radius 3 is 2.27 bits per heavy atom. The number of aliphatic hydroxyl groups is 1. The van der Waals surface area contributed by atoms with Gasteiger partial charge in [-0.25, -0.2) is 4.99 Å². The Morgan fingerprint density at radius 2 is 1.65 bits per heavy atom. The van der Waals surface area contributed by atoms with E-state index in [1.54, 1.807) is 0 Å². The molecule has 0 spiro atoms. The minimum atomic E-state index is -1.22. The molecule has 2 atom stereocenters. The third kappa shape index (κ3) is 7.72. The lowest BCUT2D eigenvalue weighted by Gasteiger charge is -2.31. The SMILES string of the molecule is CN(C)CCCNC(=O)[C@]1(Cc2ccc(Br)cc2)N=C(c2ccc(OCCCO)cc2)O[C@@H]1c1ccc(Br)cc1. The summed E-state index contributed by atoms with van der Waals surface area (Å²) in [5, 5.41) is 12.2. The van der Waals surface area contributed by atoms with Crippen molar-refractivity contribution in [3.63, 3.8) is 0 Å². The van der Waals surface area contributed by atoms with Gasteiger partial charge in [0.1, 0.15) is 5.75 Å². The number of rotatable bonds is 13. The fraction of sp³-hybridized carbons (Fsp3) is 0.355. The van der Waals surface area contributed by atoms with Crippen molar-refractivity contribution >= 4 is 43.7 Å². The number of hydrogen-bond acceptors (Lipinski definition) is 6. The molecule has 0 saturated carbocycles. The highest BCUT2D eigenvalue weighted by atomic mass is 79.9. The molecular weight excluding hydrogens is 638 g/mol. The van der Waals surface area contributed by atoms with Gasteiger partial charge < -0.3 is 24.8 Å². The maximum absolute atomic E-state index is 14.1. The minimum absolute atomic E-state index is 0.0812. The molecule has 0 aliphatic carbocycles. The first-order chi connectivity index (χ1) is 19.3. The van der Waals surface area contributed by atoms with Gasteiger partial charge in [0, 0.05) is 40.5 Å².